The third-order valence-corrected chi connectivity index (χ3v) is 21.7. The van der Waals surface area contributed by atoms with Crippen LogP contribution in [-0.2, 0) is 90.9 Å². The molecule has 13 rings (SSSR count). The molecule has 7 aromatic rings. The topological polar surface area (TPSA) is 489 Å². The summed E-state index contributed by atoms with van der Waals surface area (Å²) in [6, 6.07) is 4.64. The lowest BCUT2D eigenvalue weighted by Gasteiger charge is -2.22. The Hall–Kier alpha value is -10.7. The molecule has 0 bridgehead atoms. The maximum atomic E-state index is 16.0. The Labute approximate surface area is 841 Å². The summed E-state index contributed by atoms with van der Waals surface area (Å²) in [6.07, 6.45) is 18.3. The van der Waals surface area contributed by atoms with Crippen molar-refractivity contribution < 1.29 is 143 Å². The largest absolute Gasteiger partial charge is 0.485 e. The molecule has 7 heterocycles. The quantitative estimate of drug-likeness (QED) is 0.00273. The monoisotopic (exact) mass is 2070 g/mol. The second-order valence-corrected chi connectivity index (χ2v) is 34.6. The molecule has 786 valence electrons. The van der Waals surface area contributed by atoms with Crippen LogP contribution in [0.25, 0.3) is 22.8 Å². The number of carboxylic acids is 1. The number of ketones is 1. The summed E-state index contributed by atoms with van der Waals surface area (Å²) >= 11 is 12.4. The number of pyridine rings is 6. The number of hydrogen-bond donors (Lipinski definition) is 7. The zero-order chi connectivity index (χ0) is 109. The minimum absolute atomic E-state index is 0. The van der Waals surface area contributed by atoms with Crippen LogP contribution in [0.15, 0.2) is 83.2 Å². The van der Waals surface area contributed by atoms with Crippen LogP contribution in [0.2, 0.25) is 10.0 Å². The Morgan fingerprint density at radius 3 is 1.35 bits per heavy atom. The average molecular weight is 2070 g/mol. The Kier molecular flexibility index (Phi) is 46.2. The molecule has 0 aliphatic heterocycles. The van der Waals surface area contributed by atoms with Gasteiger partial charge in [0.15, 0.2) is 42.1 Å². The zero-order valence-corrected chi connectivity index (χ0v) is 84.5. The Morgan fingerprint density at radius 1 is 0.542 bits per heavy atom. The average Bonchev–Trinajstić information content (AvgIpc) is 1.74. The number of allylic oxidation sites excluding steroid dienone is 1. The first-order chi connectivity index (χ1) is 67.9. The number of aryl methyl sites for hydroxylation is 4. The molecule has 45 heteroatoms. The van der Waals surface area contributed by atoms with E-state index >= 15 is 8.78 Å². The van der Waals surface area contributed by atoms with Crippen LogP contribution in [0.3, 0.4) is 0 Å². The van der Waals surface area contributed by atoms with Crippen LogP contribution in [-0.4, -0.2) is 230 Å². The minimum Gasteiger partial charge on any atom is -0.485 e. The lowest BCUT2D eigenvalue weighted by molar-refractivity contribution is -0.172. The van der Waals surface area contributed by atoms with E-state index in [-0.39, 0.29) is 125 Å². The maximum Gasteiger partial charge on any atom is 0.310 e. The van der Waals surface area contributed by atoms with Crippen LogP contribution in [0.1, 0.15) is 241 Å². The molecule has 8 N–H and O–H groups in total. The van der Waals surface area contributed by atoms with Crippen LogP contribution in [0.4, 0.5) is 26.3 Å². The number of halogens is 9. The van der Waals surface area contributed by atoms with Gasteiger partial charge in [-0.1, -0.05) is 23.2 Å². The van der Waals surface area contributed by atoms with E-state index in [2.05, 4.69) is 34.6 Å². The molecule has 0 saturated heterocycles. The number of aliphatic carboxylic acids is 1. The van der Waals surface area contributed by atoms with Crippen molar-refractivity contribution in [2.75, 3.05) is 67.0 Å². The van der Waals surface area contributed by atoms with Gasteiger partial charge in [-0.05, 0) is 177 Å². The molecule has 36 nitrogen and oxygen atoms in total. The zero-order valence-electron chi connectivity index (χ0n) is 86.2. The summed E-state index contributed by atoms with van der Waals surface area (Å²) in [7, 11) is 3.34. The fourth-order valence-electron chi connectivity index (χ4n) is 13.0. The smallest absolute Gasteiger partial charge is 0.310 e. The van der Waals surface area contributed by atoms with E-state index in [1.807, 2.05) is 41.5 Å². The molecule has 0 atom stereocenters. The molecule has 6 aliphatic rings. The van der Waals surface area contributed by atoms with Gasteiger partial charge < -0.3 is 93.0 Å². The number of nitrogens with one attached hydrogen (secondary N) is 1. The van der Waals surface area contributed by atoms with Crippen molar-refractivity contribution in [2.24, 2.45) is 5.73 Å². The van der Waals surface area contributed by atoms with Crippen LogP contribution < -0.4 is 26.3 Å². The summed E-state index contributed by atoms with van der Waals surface area (Å²) < 4.78 is 182. The number of carbonyl (C=O) groups is 6. The highest BCUT2D eigenvalue weighted by Crippen LogP contribution is 2.46. The Morgan fingerprint density at radius 2 is 0.958 bits per heavy atom. The molecule has 6 fully saturated rings. The van der Waals surface area contributed by atoms with Gasteiger partial charge >= 0.3 is 29.8 Å². The van der Waals surface area contributed by atoms with Crippen LogP contribution >= 0.6 is 35.6 Å². The number of aliphatic hydroxyl groups is 4. The van der Waals surface area contributed by atoms with Gasteiger partial charge in [-0.15, -0.1) is 12.4 Å². The standard InChI is InChI=1S/C26H21ClF3N5O3.C23H20ClF3N4O3.C11H20O4.C9H18O4.C9H18O3.C7H10O4.C7H12O3.C5H10N2O.ClH/c1-13-10-33-23(17-3-6-31-20(34-17)9-26(37)4-5-26)22(30)24(13)35-14(2)7-19(21(27)25(35)36)38-12-18-16(29)8-15(28)11-32-18;1-12-9-29-21(17(32)5-6-30(3)4)20(27)22(12)31-13(2)7-18(19(24)23(31)33)34-11-16-15(26)8-14(25)10-28-16;1-4-13-10(14-5-2)8-11(6-7-11)15-9(3)12;1-4-11-8(10)7-9(12-5-2)13-6-3;1-3-11-8(12-4-2)7-9(10)5-6-9;1-5(8)11-7(2-3-7)4-6(9)10;1-2-10-6(8)5-7(9)3-4-7;6-4(7)3-5(8)1-2-5;/h3,6-8,10-11,37H,4-5,9,12H2,1-2H3;5-10H,11H2,1-4H3;10H,4-8H2,1-3H3;9H,4-7H2,1-3H3;8,10H,3-7H2,1-2H3;2-4H2,1H3,(H,9,10);9H,2-5H2,1H3;8H,1-3H2,(H3,6,7);1H/b;6-5+;;;;;;;/i12D2;11D2;;;;;;;. The van der Waals surface area contributed by atoms with Crippen molar-refractivity contribution in [3.8, 4) is 34.3 Å². The van der Waals surface area contributed by atoms with Crippen LogP contribution in [0, 0.1) is 68.0 Å². The lowest BCUT2D eigenvalue weighted by atomic mass is 10.1. The number of nitrogens with two attached hydrogens (primary N) is 1. The number of rotatable bonds is 42. The predicted octanol–water partition coefficient (Wildman–Crippen LogP) is 14.4. The van der Waals surface area contributed by atoms with Crippen molar-refractivity contribution in [1.82, 2.24) is 43.9 Å². The summed E-state index contributed by atoms with van der Waals surface area (Å²) in [5.74, 6) is -9.96. The second kappa shape index (κ2) is 57.1. The van der Waals surface area contributed by atoms with Crippen molar-refractivity contribution >= 4 is 77.1 Å². The molecule has 0 spiro atoms. The molecule has 0 radical (unpaired) electrons. The number of ether oxygens (including phenoxy) is 12. The van der Waals surface area contributed by atoms with E-state index in [4.69, 9.17) is 102 Å². The van der Waals surface area contributed by atoms with Crippen molar-refractivity contribution in [3.63, 3.8) is 0 Å². The van der Waals surface area contributed by atoms with E-state index in [9.17, 15) is 71.2 Å². The van der Waals surface area contributed by atoms with Gasteiger partial charge in [0, 0.05) is 160 Å². The van der Waals surface area contributed by atoms with Crippen LogP contribution in [0.5, 0.6) is 11.5 Å². The van der Waals surface area contributed by atoms with Gasteiger partial charge in [0.2, 0.25) is 5.78 Å². The van der Waals surface area contributed by atoms with Gasteiger partial charge in [0.25, 0.3) is 11.1 Å². The predicted molar refractivity (Wildman–Crippen MR) is 510 cm³/mol. The lowest BCUT2D eigenvalue weighted by Crippen LogP contribution is -2.28. The third-order valence-electron chi connectivity index (χ3n) is 21.0. The van der Waals surface area contributed by atoms with E-state index in [0.29, 0.717) is 128 Å². The number of amidine groups is 1. The van der Waals surface area contributed by atoms with Gasteiger partial charge in [0.1, 0.15) is 86.1 Å². The summed E-state index contributed by atoms with van der Waals surface area (Å²) in [6.45, 7) is 22.0. The molecule has 0 amide bonds. The highest BCUT2D eigenvalue weighted by molar-refractivity contribution is 6.32. The molecular formula is C97H130Cl3F6N11O25. The SMILES string of the molecule is CC(=O)OC1(CC(=O)O)CC1.CCOC(=O)CC(OCC)OCC.CCOC(=O)CC1(O)CC1.CCOC(CC1(O)CC1)OCC.CCOC(CC1(OC(C)=O)CC1)OCC.Cl.N=C(N)CC1(O)CC1.[2H]C([2H])(Oc1cc(C)n(-c2c(C)cnc(-c3ccnc(CC4(O)CC4)n3)c2F)c(=O)c1Cl)c1ncc(F)cc1F.[2H]C([2H])(Oc1cc(C)n(-c2c(C)cnc(C(=O)/C=C/N(C)C)c2F)c(=O)c1Cl)c1ncc(F)cc1F. The second-order valence-electron chi connectivity index (χ2n) is 33.8. The number of hydrogen-bond acceptors (Lipinski definition) is 32. The molecule has 0 aromatic carbocycles. The van der Waals surface area contributed by atoms with Gasteiger partial charge in [-0.3, -0.25) is 67.9 Å². The normalized spacial score (nSPS) is 15.7. The maximum absolute atomic E-state index is 16.0. The van der Waals surface area contributed by atoms with E-state index < -0.39 is 150 Å². The van der Waals surface area contributed by atoms with E-state index in [1.54, 1.807) is 32.8 Å². The highest BCUT2D eigenvalue weighted by Gasteiger charge is 2.50. The first-order valence-corrected chi connectivity index (χ1v) is 46.4. The van der Waals surface area contributed by atoms with E-state index in [0.717, 1.165) is 72.6 Å². The molecule has 6 saturated carbocycles. The summed E-state index contributed by atoms with van der Waals surface area (Å²) in [5.41, 5.74) is -2.54. The van der Waals surface area contributed by atoms with E-state index in [1.165, 1.54) is 78.5 Å². The number of aromatic nitrogens is 8. The molecule has 142 heavy (non-hydrogen) atoms. The summed E-state index contributed by atoms with van der Waals surface area (Å²) in [5, 5.41) is 52.1. The fourth-order valence-corrected chi connectivity index (χ4v) is 13.4. The third kappa shape index (κ3) is 40.8. The van der Waals surface area contributed by atoms with Crippen molar-refractivity contribution in [1.29, 1.82) is 5.41 Å². The first kappa shape index (κ1) is 115. The van der Waals surface area contributed by atoms with Gasteiger partial charge in [-0.25, -0.2) is 41.3 Å². The molecular weight excluding hydrogens is 1940 g/mol. The van der Waals surface area contributed by atoms with Gasteiger partial charge in [0.05, 0.1) is 95.7 Å². The fraction of sp³-hybridized carbons (Fsp3) is 0.557. The number of carbonyl (C=O) groups excluding carboxylic acids is 5. The number of nitrogens with zero attached hydrogens (tertiary/aromatic N) is 9. The van der Waals surface area contributed by atoms with Gasteiger partial charge in [-0.2, -0.15) is 0 Å². The Bertz CT molecular complexity index is 5730. The molecule has 0 unspecified atom stereocenters. The van der Waals surface area contributed by atoms with Crippen molar-refractivity contribution in [3.05, 3.63) is 185 Å². The van der Waals surface area contributed by atoms with Crippen molar-refractivity contribution in [2.45, 2.75) is 285 Å². The first-order valence-electron chi connectivity index (χ1n) is 47.6. The minimum atomic E-state index is -2.94. The number of esters is 4. The number of carboxylic acid groups (broad SMARTS) is 1. The Balaban J connectivity index is 0.000000317. The summed E-state index contributed by atoms with van der Waals surface area (Å²) in [4.78, 5) is 117. The molecule has 6 aliphatic carbocycles. The molecule has 7 aromatic heterocycles. The highest BCUT2D eigenvalue weighted by atomic mass is 35.5.